The van der Waals surface area contributed by atoms with Crippen LogP contribution in [0.25, 0.3) is 0 Å². The van der Waals surface area contributed by atoms with Crippen molar-refractivity contribution in [3.8, 4) is 5.75 Å². The third kappa shape index (κ3) is 7.69. The molecule has 7 heteroatoms. The summed E-state index contributed by atoms with van der Waals surface area (Å²) in [5.41, 5.74) is -0.0917. The van der Waals surface area contributed by atoms with Gasteiger partial charge in [-0.25, -0.2) is 0 Å². The summed E-state index contributed by atoms with van der Waals surface area (Å²) in [5, 5.41) is 5.58. The second-order valence-electron chi connectivity index (χ2n) is 9.05. The topological polar surface area (TPSA) is 93.7 Å². The highest BCUT2D eigenvalue weighted by Gasteiger charge is 2.44. The van der Waals surface area contributed by atoms with E-state index in [1.165, 1.54) is 0 Å². The molecule has 1 fully saturated rings. The van der Waals surface area contributed by atoms with Gasteiger partial charge in [0.25, 0.3) is 5.91 Å². The molecule has 0 saturated heterocycles. The van der Waals surface area contributed by atoms with Crippen LogP contribution in [0.1, 0.15) is 58.4 Å². The second-order valence-corrected chi connectivity index (χ2v) is 9.05. The van der Waals surface area contributed by atoms with Gasteiger partial charge >= 0.3 is 5.97 Å². The van der Waals surface area contributed by atoms with E-state index < -0.39 is 11.4 Å². The van der Waals surface area contributed by atoms with Crippen LogP contribution in [-0.2, 0) is 19.1 Å². The molecule has 30 heavy (non-hydrogen) atoms. The monoisotopic (exact) mass is 418 g/mol. The molecule has 0 aliphatic heterocycles. The van der Waals surface area contributed by atoms with E-state index in [-0.39, 0.29) is 30.4 Å². The first kappa shape index (κ1) is 23.7. The van der Waals surface area contributed by atoms with Crippen molar-refractivity contribution >= 4 is 17.8 Å². The Morgan fingerprint density at radius 1 is 1.10 bits per heavy atom. The second kappa shape index (κ2) is 10.5. The maximum Gasteiger partial charge on any atom is 0.313 e. The zero-order chi connectivity index (χ0) is 22.2. The summed E-state index contributed by atoms with van der Waals surface area (Å²) >= 11 is 0. The molecule has 2 amide bonds. The van der Waals surface area contributed by atoms with Crippen LogP contribution in [0.5, 0.6) is 5.75 Å². The number of amides is 2. The minimum Gasteiger partial charge on any atom is -0.492 e. The minimum absolute atomic E-state index is 0.0923. The van der Waals surface area contributed by atoms with E-state index in [2.05, 4.69) is 10.6 Å². The smallest absolute Gasteiger partial charge is 0.313 e. The number of hydrogen-bond acceptors (Lipinski definition) is 5. The molecule has 166 valence electrons. The molecule has 1 aliphatic rings. The first-order chi connectivity index (χ1) is 14.1. The summed E-state index contributed by atoms with van der Waals surface area (Å²) in [6, 6.07) is 7.66. The fourth-order valence-electron chi connectivity index (χ4n) is 3.67. The number of esters is 1. The highest BCUT2D eigenvalue weighted by Crippen LogP contribution is 2.42. The molecule has 0 radical (unpaired) electrons. The van der Waals surface area contributed by atoms with Gasteiger partial charge in [-0.1, -0.05) is 25.0 Å². The zero-order valence-electron chi connectivity index (χ0n) is 18.5. The van der Waals surface area contributed by atoms with E-state index >= 15 is 0 Å². The molecule has 7 nitrogen and oxygen atoms in total. The quantitative estimate of drug-likeness (QED) is 0.475. The molecule has 0 atom stereocenters. The molecule has 1 aromatic rings. The van der Waals surface area contributed by atoms with Crippen molar-refractivity contribution in [2.75, 3.05) is 19.8 Å². The predicted molar refractivity (Wildman–Crippen MR) is 114 cm³/mol. The average Bonchev–Trinajstić information content (AvgIpc) is 3.11. The predicted octanol–water partition coefficient (Wildman–Crippen LogP) is 2.90. The molecule has 1 aliphatic carbocycles. The lowest BCUT2D eigenvalue weighted by molar-refractivity contribution is -0.160. The Kier molecular flexibility index (Phi) is 8.26. The van der Waals surface area contributed by atoms with E-state index in [0.717, 1.165) is 24.2 Å². The van der Waals surface area contributed by atoms with Crippen LogP contribution in [0.15, 0.2) is 24.3 Å². The van der Waals surface area contributed by atoms with E-state index in [9.17, 15) is 14.4 Å². The number of hydrogen-bond donors (Lipinski definition) is 2. The average molecular weight is 419 g/mol. The number of carbonyl (C=O) groups excluding carboxylic acids is 3. The molecule has 2 rings (SSSR count). The van der Waals surface area contributed by atoms with Gasteiger partial charge in [0.1, 0.15) is 12.4 Å². The van der Waals surface area contributed by atoms with Crippen LogP contribution in [0, 0.1) is 12.3 Å². The van der Waals surface area contributed by atoms with Crippen LogP contribution in [0.2, 0.25) is 0 Å². The molecular weight excluding hydrogens is 384 g/mol. The lowest BCUT2D eigenvalue weighted by atomic mass is 9.82. The molecule has 0 bridgehead atoms. The van der Waals surface area contributed by atoms with Crippen molar-refractivity contribution in [2.24, 2.45) is 5.41 Å². The SMILES string of the molecule is Cc1cccc(OCCNC(=O)COC(=O)C2(CC(=O)NC(C)(C)C)CCCC2)c1. The molecule has 0 unspecified atom stereocenters. The van der Waals surface area contributed by atoms with Crippen molar-refractivity contribution in [1.29, 1.82) is 0 Å². The molecule has 0 spiro atoms. The summed E-state index contributed by atoms with van der Waals surface area (Å²) in [4.78, 5) is 37.1. The zero-order valence-corrected chi connectivity index (χ0v) is 18.5. The van der Waals surface area contributed by atoms with E-state index in [4.69, 9.17) is 9.47 Å². The maximum atomic E-state index is 12.7. The van der Waals surface area contributed by atoms with Crippen molar-refractivity contribution in [3.05, 3.63) is 29.8 Å². The Morgan fingerprint density at radius 2 is 1.80 bits per heavy atom. The third-order valence-electron chi connectivity index (χ3n) is 5.02. The van der Waals surface area contributed by atoms with Crippen LogP contribution >= 0.6 is 0 Å². The first-order valence-corrected chi connectivity index (χ1v) is 10.5. The molecular formula is C23H34N2O5. The first-order valence-electron chi connectivity index (χ1n) is 10.5. The van der Waals surface area contributed by atoms with Crippen LogP contribution < -0.4 is 15.4 Å². The largest absolute Gasteiger partial charge is 0.492 e. The minimum atomic E-state index is -0.829. The van der Waals surface area contributed by atoms with Crippen LogP contribution in [0.3, 0.4) is 0 Å². The van der Waals surface area contributed by atoms with Crippen molar-refractivity contribution in [1.82, 2.24) is 10.6 Å². The van der Waals surface area contributed by atoms with Crippen LogP contribution in [0.4, 0.5) is 0 Å². The Hall–Kier alpha value is -2.57. The van der Waals surface area contributed by atoms with Crippen molar-refractivity contribution < 1.29 is 23.9 Å². The summed E-state index contributed by atoms with van der Waals surface area (Å²) in [6.07, 6.45) is 3.06. The maximum absolute atomic E-state index is 12.7. The molecule has 0 heterocycles. The lowest BCUT2D eigenvalue weighted by Crippen LogP contribution is -2.45. The number of benzene rings is 1. The summed E-state index contributed by atoms with van der Waals surface area (Å²) in [7, 11) is 0. The number of ether oxygens (including phenoxy) is 2. The fraction of sp³-hybridized carbons (Fsp3) is 0.609. The summed E-state index contributed by atoms with van der Waals surface area (Å²) in [6.45, 7) is 7.95. The van der Waals surface area contributed by atoms with Gasteiger partial charge in [0.2, 0.25) is 5.91 Å². The lowest BCUT2D eigenvalue weighted by Gasteiger charge is -2.28. The highest BCUT2D eigenvalue weighted by molar-refractivity contribution is 5.88. The normalized spacial score (nSPS) is 15.3. The van der Waals surface area contributed by atoms with Gasteiger partial charge < -0.3 is 20.1 Å². The van der Waals surface area contributed by atoms with E-state index in [1.54, 1.807) is 0 Å². The number of nitrogens with one attached hydrogen (secondary N) is 2. The Morgan fingerprint density at radius 3 is 2.43 bits per heavy atom. The van der Waals surface area contributed by atoms with E-state index in [1.807, 2.05) is 52.0 Å². The molecule has 1 saturated carbocycles. The summed E-state index contributed by atoms with van der Waals surface area (Å²) in [5.74, 6) is -0.273. The van der Waals surface area contributed by atoms with Gasteiger partial charge in [0.15, 0.2) is 6.61 Å². The third-order valence-corrected chi connectivity index (χ3v) is 5.02. The molecule has 2 N–H and O–H groups in total. The van der Waals surface area contributed by atoms with Gasteiger partial charge in [-0.2, -0.15) is 0 Å². The van der Waals surface area contributed by atoms with Gasteiger partial charge in [-0.05, 0) is 58.2 Å². The van der Waals surface area contributed by atoms with Gasteiger partial charge in [-0.15, -0.1) is 0 Å². The number of rotatable bonds is 9. The van der Waals surface area contributed by atoms with Crippen molar-refractivity contribution in [2.45, 2.75) is 65.3 Å². The Bertz CT molecular complexity index is 748. The van der Waals surface area contributed by atoms with Crippen molar-refractivity contribution in [3.63, 3.8) is 0 Å². The van der Waals surface area contributed by atoms with Gasteiger partial charge in [0, 0.05) is 12.0 Å². The Balaban J connectivity index is 1.75. The fourth-order valence-corrected chi connectivity index (χ4v) is 3.67. The van der Waals surface area contributed by atoms with Gasteiger partial charge in [0.05, 0.1) is 12.0 Å². The summed E-state index contributed by atoms with van der Waals surface area (Å²) < 4.78 is 10.9. The molecule has 0 aromatic heterocycles. The molecule has 1 aromatic carbocycles. The Labute approximate surface area is 178 Å². The number of carbonyl (C=O) groups is 3. The number of aryl methyl sites for hydroxylation is 1. The van der Waals surface area contributed by atoms with E-state index in [0.29, 0.717) is 26.0 Å². The van der Waals surface area contributed by atoms with Crippen LogP contribution in [-0.4, -0.2) is 43.1 Å². The highest BCUT2D eigenvalue weighted by atomic mass is 16.5. The standard InChI is InChI=1S/C23H34N2O5/c1-17-8-7-9-18(14-17)29-13-12-24-20(27)16-30-21(28)23(10-5-6-11-23)15-19(26)25-22(2,3)4/h7-9,14H,5-6,10-13,15-16H2,1-4H3,(H,24,27)(H,25,26). The van der Waals surface area contributed by atoms with Gasteiger partial charge in [-0.3, -0.25) is 14.4 Å².